The molecule has 0 amide bonds. The molecule has 0 bridgehead atoms. The van der Waals surface area contributed by atoms with Gasteiger partial charge in [0.2, 0.25) is 5.89 Å². The Hall–Kier alpha value is -1.17. The van der Waals surface area contributed by atoms with Crippen LogP contribution < -0.4 is 0 Å². The number of hydrogen-bond acceptors (Lipinski definition) is 5. The van der Waals surface area contributed by atoms with Crippen molar-refractivity contribution in [2.24, 2.45) is 0 Å². The molecular formula is C15H20N2O2S. The molecule has 1 N–H and O–H groups in total. The lowest BCUT2D eigenvalue weighted by molar-refractivity contribution is -0.00761. The second kappa shape index (κ2) is 5.31. The van der Waals surface area contributed by atoms with Gasteiger partial charge in [0.1, 0.15) is 5.76 Å². The smallest absolute Gasteiger partial charge is 0.236 e. The summed E-state index contributed by atoms with van der Waals surface area (Å²) in [5, 5.41) is 12.0. The van der Waals surface area contributed by atoms with Gasteiger partial charge in [-0.05, 0) is 38.1 Å². The summed E-state index contributed by atoms with van der Waals surface area (Å²) in [4.78, 5) is 8.03. The summed E-state index contributed by atoms with van der Waals surface area (Å²) in [6.45, 7) is 6.51. The van der Waals surface area contributed by atoms with Crippen molar-refractivity contribution in [3.8, 4) is 10.8 Å². The number of hydrogen-bond donors (Lipinski definition) is 1. The molecule has 1 aliphatic heterocycles. The first-order valence-corrected chi connectivity index (χ1v) is 7.86. The van der Waals surface area contributed by atoms with Crippen LogP contribution in [0.25, 0.3) is 10.8 Å². The van der Waals surface area contributed by atoms with Crippen molar-refractivity contribution in [1.82, 2.24) is 9.88 Å². The van der Waals surface area contributed by atoms with E-state index in [0.29, 0.717) is 0 Å². The number of likely N-dealkylation sites (tertiary alicyclic amines) is 1. The molecule has 3 rings (SSSR count). The van der Waals surface area contributed by atoms with Gasteiger partial charge in [0.25, 0.3) is 0 Å². The third kappa shape index (κ3) is 2.95. The molecular weight excluding hydrogens is 272 g/mol. The minimum atomic E-state index is -0.502. The van der Waals surface area contributed by atoms with Crippen molar-refractivity contribution in [2.75, 3.05) is 13.1 Å². The topological polar surface area (TPSA) is 49.5 Å². The van der Waals surface area contributed by atoms with Crippen molar-refractivity contribution in [3.05, 3.63) is 29.0 Å². The number of rotatable bonds is 3. The number of aromatic nitrogens is 1. The predicted octanol–water partition coefficient (Wildman–Crippen LogP) is 3.06. The highest BCUT2D eigenvalue weighted by atomic mass is 32.1. The molecule has 0 radical (unpaired) electrons. The Bertz CT molecular complexity index is 565. The third-order valence-corrected chi connectivity index (χ3v) is 4.79. The lowest BCUT2D eigenvalue weighted by Crippen LogP contribution is -2.42. The number of oxazole rings is 1. The van der Waals surface area contributed by atoms with E-state index in [1.165, 1.54) is 0 Å². The Morgan fingerprint density at radius 1 is 1.45 bits per heavy atom. The van der Waals surface area contributed by atoms with Crippen LogP contribution in [0.4, 0.5) is 0 Å². The van der Waals surface area contributed by atoms with Crippen molar-refractivity contribution in [2.45, 2.75) is 38.8 Å². The highest BCUT2D eigenvalue weighted by Gasteiger charge is 2.28. The van der Waals surface area contributed by atoms with Crippen LogP contribution >= 0.6 is 11.3 Å². The van der Waals surface area contributed by atoms with Crippen LogP contribution in [0.2, 0.25) is 0 Å². The van der Waals surface area contributed by atoms with Gasteiger partial charge in [0.05, 0.1) is 16.2 Å². The van der Waals surface area contributed by atoms with Gasteiger partial charge < -0.3 is 9.52 Å². The molecule has 0 aliphatic carbocycles. The average molecular weight is 292 g/mol. The number of thiophene rings is 1. The summed E-state index contributed by atoms with van der Waals surface area (Å²) in [5.41, 5.74) is 0.507. The maximum atomic E-state index is 9.98. The van der Waals surface area contributed by atoms with Crippen LogP contribution in [0.15, 0.2) is 21.9 Å². The molecule has 0 unspecified atom stereocenters. The van der Waals surface area contributed by atoms with Gasteiger partial charge in [-0.15, -0.1) is 11.3 Å². The van der Waals surface area contributed by atoms with Gasteiger partial charge in [-0.25, -0.2) is 4.98 Å². The predicted molar refractivity (Wildman–Crippen MR) is 79.7 cm³/mol. The zero-order valence-corrected chi connectivity index (χ0v) is 12.7. The molecule has 1 saturated heterocycles. The highest BCUT2D eigenvalue weighted by Crippen LogP contribution is 2.27. The van der Waals surface area contributed by atoms with Gasteiger partial charge in [-0.2, -0.15) is 0 Å². The zero-order valence-electron chi connectivity index (χ0n) is 11.9. The Labute approximate surface area is 123 Å². The van der Waals surface area contributed by atoms with Crippen molar-refractivity contribution in [3.63, 3.8) is 0 Å². The first kappa shape index (κ1) is 13.8. The molecule has 1 fully saturated rings. The van der Waals surface area contributed by atoms with Crippen LogP contribution in [-0.2, 0) is 6.54 Å². The number of piperidine rings is 1. The van der Waals surface area contributed by atoms with Crippen molar-refractivity contribution < 1.29 is 9.52 Å². The first-order valence-electron chi connectivity index (χ1n) is 6.98. The molecule has 3 heterocycles. The average Bonchev–Trinajstić information content (AvgIpc) is 3.02. The fourth-order valence-electron chi connectivity index (χ4n) is 2.49. The minimum Gasteiger partial charge on any atom is -0.440 e. The fourth-order valence-corrected chi connectivity index (χ4v) is 3.13. The lowest BCUT2D eigenvalue weighted by atomic mass is 9.94. The Morgan fingerprint density at radius 3 is 2.85 bits per heavy atom. The quantitative estimate of drug-likeness (QED) is 0.944. The Kier molecular flexibility index (Phi) is 3.67. The maximum Gasteiger partial charge on any atom is 0.236 e. The van der Waals surface area contributed by atoms with Crippen LogP contribution in [0, 0.1) is 6.92 Å². The Morgan fingerprint density at radius 2 is 2.20 bits per heavy atom. The van der Waals surface area contributed by atoms with Gasteiger partial charge >= 0.3 is 0 Å². The summed E-state index contributed by atoms with van der Waals surface area (Å²) >= 11 is 1.64. The van der Waals surface area contributed by atoms with Crippen molar-refractivity contribution >= 4 is 11.3 Å². The molecule has 5 heteroatoms. The van der Waals surface area contributed by atoms with Crippen LogP contribution in [0.5, 0.6) is 0 Å². The van der Waals surface area contributed by atoms with Crippen LogP contribution in [0.3, 0.4) is 0 Å². The van der Waals surface area contributed by atoms with E-state index in [-0.39, 0.29) is 0 Å². The van der Waals surface area contributed by atoms with E-state index < -0.39 is 5.60 Å². The third-order valence-electron chi connectivity index (χ3n) is 3.93. The van der Waals surface area contributed by atoms with Gasteiger partial charge in [-0.3, -0.25) is 4.90 Å². The lowest BCUT2D eigenvalue weighted by Gasteiger charge is -2.35. The first-order chi connectivity index (χ1) is 9.53. The van der Waals surface area contributed by atoms with Crippen LogP contribution in [-0.4, -0.2) is 33.7 Å². The van der Waals surface area contributed by atoms with E-state index in [0.717, 1.165) is 54.7 Å². The van der Waals surface area contributed by atoms with Crippen molar-refractivity contribution in [1.29, 1.82) is 0 Å². The Balaban J connectivity index is 1.69. The summed E-state index contributed by atoms with van der Waals surface area (Å²) in [7, 11) is 0. The second-order valence-corrected chi connectivity index (χ2v) is 6.72. The standard InChI is InChI=1S/C15H20N2O2S/c1-11-12(10-17-7-5-15(2,18)6-8-17)16-14(19-11)13-4-3-9-20-13/h3-4,9,18H,5-8,10H2,1-2H3. The number of nitrogens with zero attached hydrogens (tertiary/aromatic N) is 2. The molecule has 0 saturated carbocycles. The molecule has 1 aliphatic rings. The molecule has 20 heavy (non-hydrogen) atoms. The van der Waals surface area contributed by atoms with Gasteiger partial charge in [0.15, 0.2) is 0 Å². The maximum absolute atomic E-state index is 9.98. The summed E-state index contributed by atoms with van der Waals surface area (Å²) < 4.78 is 5.76. The summed E-state index contributed by atoms with van der Waals surface area (Å²) in [5.74, 6) is 1.61. The molecule has 0 spiro atoms. The highest BCUT2D eigenvalue weighted by molar-refractivity contribution is 7.13. The molecule has 108 valence electrons. The largest absolute Gasteiger partial charge is 0.440 e. The summed E-state index contributed by atoms with van der Waals surface area (Å²) in [6, 6.07) is 4.03. The zero-order chi connectivity index (χ0) is 14.2. The normalized spacial score (nSPS) is 19.4. The monoisotopic (exact) mass is 292 g/mol. The molecule has 4 nitrogen and oxygen atoms in total. The molecule has 2 aromatic rings. The summed E-state index contributed by atoms with van der Waals surface area (Å²) in [6.07, 6.45) is 1.64. The van der Waals surface area contributed by atoms with E-state index >= 15 is 0 Å². The number of aliphatic hydroxyl groups is 1. The van der Waals surface area contributed by atoms with Gasteiger partial charge in [0, 0.05) is 19.6 Å². The SMILES string of the molecule is Cc1oc(-c2cccs2)nc1CN1CCC(C)(O)CC1. The minimum absolute atomic E-state index is 0.502. The van der Waals surface area contributed by atoms with E-state index in [9.17, 15) is 5.11 Å². The molecule has 0 atom stereocenters. The molecule has 0 aromatic carbocycles. The van der Waals surface area contributed by atoms with E-state index in [1.54, 1.807) is 11.3 Å². The number of aryl methyl sites for hydroxylation is 1. The van der Waals surface area contributed by atoms with E-state index in [1.807, 2.05) is 31.4 Å². The molecule has 2 aromatic heterocycles. The second-order valence-electron chi connectivity index (χ2n) is 5.77. The van der Waals surface area contributed by atoms with Gasteiger partial charge in [-0.1, -0.05) is 6.07 Å². The van der Waals surface area contributed by atoms with E-state index in [4.69, 9.17) is 4.42 Å². The fraction of sp³-hybridized carbons (Fsp3) is 0.533. The van der Waals surface area contributed by atoms with E-state index in [2.05, 4.69) is 9.88 Å². The van der Waals surface area contributed by atoms with Crippen LogP contribution in [0.1, 0.15) is 31.2 Å².